The van der Waals surface area contributed by atoms with E-state index in [-0.39, 0.29) is 0 Å². The number of pyridine rings is 1. The van der Waals surface area contributed by atoms with Crippen LogP contribution < -0.4 is 16.8 Å². The van der Waals surface area contributed by atoms with Gasteiger partial charge < -0.3 is 11.5 Å². The molecule has 6 nitrogen and oxygen atoms in total. The second-order valence-corrected chi connectivity index (χ2v) is 1.88. The Hall–Kier alpha value is -2.11. The minimum atomic E-state index is -0.938. The van der Waals surface area contributed by atoms with E-state index in [1.165, 1.54) is 0 Å². The highest BCUT2D eigenvalue weighted by molar-refractivity contribution is 5.91. The number of aromatic nitrogens is 1. The van der Waals surface area contributed by atoms with E-state index in [0.29, 0.717) is 0 Å². The summed E-state index contributed by atoms with van der Waals surface area (Å²) in [6.07, 6.45) is 3.50. The molecule has 0 aromatic carbocycles. The van der Waals surface area contributed by atoms with Crippen molar-refractivity contribution in [3.8, 4) is 0 Å². The van der Waals surface area contributed by atoms with Crippen LogP contribution in [0.4, 0.5) is 9.59 Å². The van der Waals surface area contributed by atoms with Gasteiger partial charge in [-0.1, -0.05) is 6.07 Å². The quantitative estimate of drug-likeness (QED) is 0.517. The Morgan fingerprint density at radius 1 is 1.00 bits per heavy atom. The van der Waals surface area contributed by atoms with E-state index in [4.69, 9.17) is 0 Å². The number of hydrogen-bond donors (Lipinski definition) is 3. The zero-order chi connectivity index (χ0) is 10.1. The molecule has 0 aliphatic heterocycles. The third-order valence-corrected chi connectivity index (χ3v) is 0.813. The number of rotatable bonds is 0. The Balaban J connectivity index is 0.000000223. The van der Waals surface area contributed by atoms with Crippen LogP contribution in [0.15, 0.2) is 30.6 Å². The fourth-order valence-electron chi connectivity index (χ4n) is 0.434. The van der Waals surface area contributed by atoms with Gasteiger partial charge in [-0.05, 0) is 12.1 Å². The van der Waals surface area contributed by atoms with Gasteiger partial charge >= 0.3 is 12.1 Å². The average molecular weight is 182 g/mol. The number of carbonyl (C=O) groups is 2. The first-order valence-corrected chi connectivity index (χ1v) is 3.34. The molecule has 4 amide bonds. The molecule has 6 heteroatoms. The molecule has 0 spiro atoms. The van der Waals surface area contributed by atoms with Crippen LogP contribution in [0.1, 0.15) is 0 Å². The zero-order valence-corrected chi connectivity index (χ0v) is 6.81. The third-order valence-electron chi connectivity index (χ3n) is 0.813. The van der Waals surface area contributed by atoms with E-state index < -0.39 is 12.1 Å². The predicted molar refractivity (Wildman–Crippen MR) is 46.5 cm³/mol. The molecule has 70 valence electrons. The van der Waals surface area contributed by atoms with Gasteiger partial charge in [-0.2, -0.15) is 0 Å². The number of hydrogen-bond acceptors (Lipinski definition) is 3. The molecule has 1 rings (SSSR count). The zero-order valence-electron chi connectivity index (χ0n) is 6.81. The number of amides is 4. The summed E-state index contributed by atoms with van der Waals surface area (Å²) in [4.78, 5) is 23.0. The van der Waals surface area contributed by atoms with Crippen molar-refractivity contribution in [1.82, 2.24) is 10.3 Å². The molecule has 0 bridgehead atoms. The summed E-state index contributed by atoms with van der Waals surface area (Å²) in [5.41, 5.74) is 8.88. The van der Waals surface area contributed by atoms with Crippen LogP contribution in [0.3, 0.4) is 0 Å². The maximum absolute atomic E-state index is 9.62. The van der Waals surface area contributed by atoms with Crippen LogP contribution in [-0.4, -0.2) is 17.0 Å². The number of nitrogens with two attached hydrogens (primary N) is 2. The van der Waals surface area contributed by atoms with Crippen LogP contribution in [-0.2, 0) is 0 Å². The number of primary amides is 2. The summed E-state index contributed by atoms with van der Waals surface area (Å²) < 4.78 is 0. The van der Waals surface area contributed by atoms with Crippen LogP contribution >= 0.6 is 0 Å². The van der Waals surface area contributed by atoms with Gasteiger partial charge in [0.25, 0.3) is 0 Å². The molecular weight excluding hydrogens is 172 g/mol. The molecular formula is C7H10N4O2. The van der Waals surface area contributed by atoms with Gasteiger partial charge in [0.15, 0.2) is 0 Å². The molecule has 0 radical (unpaired) electrons. The lowest BCUT2D eigenvalue weighted by Gasteiger charge is -1.88. The van der Waals surface area contributed by atoms with Crippen LogP contribution in [0, 0.1) is 0 Å². The van der Waals surface area contributed by atoms with Crippen LogP contribution in [0.25, 0.3) is 0 Å². The van der Waals surface area contributed by atoms with Crippen molar-refractivity contribution in [2.24, 2.45) is 11.5 Å². The van der Waals surface area contributed by atoms with E-state index >= 15 is 0 Å². The highest BCUT2D eigenvalue weighted by atomic mass is 16.2. The SMILES string of the molecule is NC(=O)NC(N)=O.c1ccncc1. The lowest BCUT2D eigenvalue weighted by atomic mass is 10.5. The molecule has 1 aromatic rings. The highest BCUT2D eigenvalue weighted by Gasteiger charge is 1.92. The molecule has 1 heterocycles. The first kappa shape index (κ1) is 10.9. The lowest BCUT2D eigenvalue weighted by molar-refractivity contribution is 0.236. The molecule has 0 saturated carbocycles. The summed E-state index contributed by atoms with van der Waals surface area (Å²) in [7, 11) is 0. The normalized spacial score (nSPS) is 7.69. The standard InChI is InChI=1S/C5H5N.C2H5N3O2/c1-2-4-6-5-3-1;3-1(6)5-2(4)7/h1-5H;(H5,3,4,5,6,7). The molecule has 1 aromatic heterocycles. The van der Waals surface area contributed by atoms with Crippen LogP contribution in [0.2, 0.25) is 0 Å². The average Bonchev–Trinajstić information content (AvgIpc) is 2.06. The van der Waals surface area contributed by atoms with Gasteiger partial charge in [0.2, 0.25) is 0 Å². The molecule has 0 atom stereocenters. The molecule has 0 aliphatic rings. The minimum absolute atomic E-state index is 0.937. The van der Waals surface area contributed by atoms with E-state index in [1.807, 2.05) is 18.2 Å². The first-order chi connectivity index (χ1) is 6.13. The summed E-state index contributed by atoms with van der Waals surface area (Å²) in [6.45, 7) is 0. The van der Waals surface area contributed by atoms with E-state index in [9.17, 15) is 9.59 Å². The monoisotopic (exact) mass is 182 g/mol. The summed E-state index contributed by atoms with van der Waals surface area (Å²) in [6, 6.07) is 3.84. The summed E-state index contributed by atoms with van der Waals surface area (Å²) >= 11 is 0. The van der Waals surface area contributed by atoms with E-state index in [1.54, 1.807) is 17.7 Å². The fraction of sp³-hybridized carbons (Fsp3) is 0. The maximum atomic E-state index is 9.62. The van der Waals surface area contributed by atoms with Gasteiger partial charge in [-0.3, -0.25) is 10.3 Å². The number of urea groups is 2. The Kier molecular flexibility index (Phi) is 5.52. The Labute approximate surface area is 74.9 Å². The van der Waals surface area contributed by atoms with Crippen molar-refractivity contribution in [3.05, 3.63) is 30.6 Å². The number of imide groups is 1. The van der Waals surface area contributed by atoms with Crippen molar-refractivity contribution in [1.29, 1.82) is 0 Å². The summed E-state index contributed by atoms with van der Waals surface area (Å²) in [5, 5.41) is 1.58. The molecule has 5 N–H and O–H groups in total. The minimum Gasteiger partial charge on any atom is -0.351 e. The predicted octanol–water partition coefficient (Wildman–Crippen LogP) is -0.185. The highest BCUT2D eigenvalue weighted by Crippen LogP contribution is 1.73. The maximum Gasteiger partial charge on any atom is 0.320 e. The number of carbonyl (C=O) groups excluding carboxylic acids is 2. The fourth-order valence-corrected chi connectivity index (χ4v) is 0.434. The van der Waals surface area contributed by atoms with E-state index in [0.717, 1.165) is 0 Å². The second-order valence-electron chi connectivity index (χ2n) is 1.88. The van der Waals surface area contributed by atoms with Gasteiger partial charge in [0, 0.05) is 12.4 Å². The second kappa shape index (κ2) is 6.59. The lowest BCUT2D eigenvalue weighted by Crippen LogP contribution is -2.38. The summed E-state index contributed by atoms with van der Waals surface area (Å²) in [5.74, 6) is 0. The molecule has 0 saturated heterocycles. The first-order valence-electron chi connectivity index (χ1n) is 3.34. The smallest absolute Gasteiger partial charge is 0.320 e. The van der Waals surface area contributed by atoms with Crippen molar-refractivity contribution in [2.75, 3.05) is 0 Å². The Bertz CT molecular complexity index is 224. The van der Waals surface area contributed by atoms with E-state index in [2.05, 4.69) is 16.5 Å². The van der Waals surface area contributed by atoms with Gasteiger partial charge in [-0.15, -0.1) is 0 Å². The van der Waals surface area contributed by atoms with Gasteiger partial charge in [0.05, 0.1) is 0 Å². The topological polar surface area (TPSA) is 111 Å². The van der Waals surface area contributed by atoms with Crippen molar-refractivity contribution in [3.63, 3.8) is 0 Å². The Morgan fingerprint density at radius 2 is 1.46 bits per heavy atom. The van der Waals surface area contributed by atoms with Gasteiger partial charge in [0.1, 0.15) is 0 Å². The molecule has 0 fully saturated rings. The molecule has 13 heavy (non-hydrogen) atoms. The number of nitrogens with zero attached hydrogens (tertiary/aromatic N) is 1. The molecule has 0 aliphatic carbocycles. The third kappa shape index (κ3) is 9.89. The Morgan fingerprint density at radius 3 is 1.54 bits per heavy atom. The van der Waals surface area contributed by atoms with Crippen molar-refractivity contribution >= 4 is 12.1 Å². The van der Waals surface area contributed by atoms with Crippen molar-refractivity contribution < 1.29 is 9.59 Å². The molecule has 0 unspecified atom stereocenters. The van der Waals surface area contributed by atoms with Crippen molar-refractivity contribution in [2.45, 2.75) is 0 Å². The number of nitrogens with one attached hydrogen (secondary N) is 1. The van der Waals surface area contributed by atoms with Gasteiger partial charge in [-0.25, -0.2) is 9.59 Å². The largest absolute Gasteiger partial charge is 0.351 e. The van der Waals surface area contributed by atoms with Crippen LogP contribution in [0.5, 0.6) is 0 Å².